The molecule has 0 N–H and O–H groups in total. The summed E-state index contributed by atoms with van der Waals surface area (Å²) in [6, 6.07) is 11.7. The van der Waals surface area contributed by atoms with Crippen LogP contribution in [0, 0.1) is 0 Å². The largest absolute Gasteiger partial charge is 0.355 e. The van der Waals surface area contributed by atoms with Crippen LogP contribution < -0.4 is 0 Å². The maximum absolute atomic E-state index is 5.32. The lowest BCUT2D eigenvalue weighted by Crippen LogP contribution is -1.75. The van der Waals surface area contributed by atoms with Crippen LogP contribution in [-0.2, 0) is 0 Å². The van der Waals surface area contributed by atoms with Crippen molar-refractivity contribution in [3.05, 3.63) is 48.8 Å². The summed E-state index contributed by atoms with van der Waals surface area (Å²) in [6.45, 7) is 0. The lowest BCUT2D eigenvalue weighted by atomic mass is 10.1. The zero-order chi connectivity index (χ0) is 10.1. The third-order valence-corrected chi connectivity index (χ3v) is 2.33. The molecule has 0 radical (unpaired) electrons. The third-order valence-electron chi connectivity index (χ3n) is 2.33. The van der Waals surface area contributed by atoms with E-state index in [2.05, 4.69) is 10.1 Å². The SMILES string of the molecule is c1ccc2c(-c3ccncc3)onc2c1. The first-order valence-electron chi connectivity index (χ1n) is 4.70. The molecular weight excluding hydrogens is 188 g/mol. The summed E-state index contributed by atoms with van der Waals surface area (Å²) >= 11 is 0. The number of nitrogens with zero attached hydrogens (tertiary/aromatic N) is 2. The Balaban J connectivity index is 2.28. The molecule has 1 aromatic carbocycles. The maximum atomic E-state index is 5.32. The predicted octanol–water partition coefficient (Wildman–Crippen LogP) is 2.89. The molecule has 2 heterocycles. The van der Waals surface area contributed by atoms with Crippen molar-refractivity contribution in [1.82, 2.24) is 10.1 Å². The molecule has 0 aliphatic heterocycles. The molecule has 0 aliphatic rings. The fourth-order valence-electron chi connectivity index (χ4n) is 1.60. The van der Waals surface area contributed by atoms with Crippen molar-refractivity contribution in [3.63, 3.8) is 0 Å². The molecular formula is C12H8N2O. The first-order chi connectivity index (χ1) is 7.45. The van der Waals surface area contributed by atoms with E-state index in [1.807, 2.05) is 36.4 Å². The van der Waals surface area contributed by atoms with Gasteiger partial charge in [-0.05, 0) is 24.3 Å². The highest BCUT2D eigenvalue weighted by atomic mass is 16.5. The Bertz CT molecular complexity index is 587. The first kappa shape index (κ1) is 8.17. The molecule has 0 aliphatic carbocycles. The maximum Gasteiger partial charge on any atom is 0.174 e. The Hall–Kier alpha value is -2.16. The van der Waals surface area contributed by atoms with Crippen LogP contribution in [0.15, 0.2) is 53.3 Å². The van der Waals surface area contributed by atoms with Crippen LogP contribution in [0.4, 0.5) is 0 Å². The van der Waals surface area contributed by atoms with Gasteiger partial charge in [0.15, 0.2) is 5.76 Å². The summed E-state index contributed by atoms with van der Waals surface area (Å²) < 4.78 is 5.32. The normalized spacial score (nSPS) is 10.7. The van der Waals surface area contributed by atoms with Crippen molar-refractivity contribution in [3.8, 4) is 11.3 Å². The smallest absolute Gasteiger partial charge is 0.174 e. The van der Waals surface area contributed by atoms with Gasteiger partial charge in [-0.2, -0.15) is 0 Å². The van der Waals surface area contributed by atoms with Crippen molar-refractivity contribution in [2.75, 3.05) is 0 Å². The molecule has 3 nitrogen and oxygen atoms in total. The number of pyridine rings is 1. The Morgan fingerprint density at radius 1 is 0.933 bits per heavy atom. The average Bonchev–Trinajstić information content (AvgIpc) is 2.74. The van der Waals surface area contributed by atoms with Crippen LogP contribution in [0.3, 0.4) is 0 Å². The number of hydrogen-bond acceptors (Lipinski definition) is 3. The fourth-order valence-corrected chi connectivity index (χ4v) is 1.60. The Labute approximate surface area is 86.4 Å². The highest BCUT2D eigenvalue weighted by Gasteiger charge is 2.08. The zero-order valence-electron chi connectivity index (χ0n) is 7.92. The first-order valence-corrected chi connectivity index (χ1v) is 4.70. The lowest BCUT2D eigenvalue weighted by molar-refractivity contribution is 0.441. The van der Waals surface area contributed by atoms with E-state index in [9.17, 15) is 0 Å². The van der Waals surface area contributed by atoms with E-state index in [4.69, 9.17) is 4.52 Å². The van der Waals surface area contributed by atoms with Crippen molar-refractivity contribution in [2.24, 2.45) is 0 Å². The highest BCUT2D eigenvalue weighted by Crippen LogP contribution is 2.27. The fraction of sp³-hybridized carbons (Fsp3) is 0. The molecule has 0 fully saturated rings. The van der Waals surface area contributed by atoms with Crippen molar-refractivity contribution in [2.45, 2.75) is 0 Å². The van der Waals surface area contributed by atoms with Crippen molar-refractivity contribution < 1.29 is 4.52 Å². The number of rotatable bonds is 1. The molecule has 0 atom stereocenters. The quantitative estimate of drug-likeness (QED) is 0.600. The number of fused-ring (bicyclic) bond motifs is 1. The second-order valence-corrected chi connectivity index (χ2v) is 3.26. The van der Waals surface area contributed by atoms with Gasteiger partial charge in [-0.1, -0.05) is 17.3 Å². The molecule has 3 heteroatoms. The van der Waals surface area contributed by atoms with Gasteiger partial charge in [-0.25, -0.2) is 0 Å². The van der Waals surface area contributed by atoms with Gasteiger partial charge in [0.25, 0.3) is 0 Å². The molecule has 0 spiro atoms. The van der Waals surface area contributed by atoms with E-state index in [0.717, 1.165) is 22.2 Å². The van der Waals surface area contributed by atoms with Crippen LogP contribution in [0.25, 0.3) is 22.2 Å². The second-order valence-electron chi connectivity index (χ2n) is 3.26. The van der Waals surface area contributed by atoms with Gasteiger partial charge in [0.2, 0.25) is 0 Å². The number of hydrogen-bond donors (Lipinski definition) is 0. The minimum atomic E-state index is 0.799. The van der Waals surface area contributed by atoms with E-state index in [0.29, 0.717) is 0 Å². The predicted molar refractivity (Wildman–Crippen MR) is 57.2 cm³/mol. The van der Waals surface area contributed by atoms with Crippen LogP contribution in [0.2, 0.25) is 0 Å². The molecule has 0 amide bonds. The van der Waals surface area contributed by atoms with Gasteiger partial charge in [0.05, 0.1) is 0 Å². The molecule has 2 aromatic heterocycles. The van der Waals surface area contributed by atoms with Crippen molar-refractivity contribution >= 4 is 10.9 Å². The van der Waals surface area contributed by atoms with Gasteiger partial charge in [-0.3, -0.25) is 4.98 Å². The van der Waals surface area contributed by atoms with Crippen molar-refractivity contribution in [1.29, 1.82) is 0 Å². The van der Waals surface area contributed by atoms with Crippen LogP contribution >= 0.6 is 0 Å². The standard InChI is InChI=1S/C12H8N2O/c1-2-4-11-10(3-1)12(15-14-11)9-5-7-13-8-6-9/h1-8H. The molecule has 0 saturated carbocycles. The molecule has 72 valence electrons. The molecule has 15 heavy (non-hydrogen) atoms. The molecule has 0 saturated heterocycles. The van der Waals surface area contributed by atoms with Crippen LogP contribution in [0.1, 0.15) is 0 Å². The summed E-state index contributed by atoms with van der Waals surface area (Å²) in [4.78, 5) is 3.97. The van der Waals surface area contributed by atoms with Gasteiger partial charge in [0, 0.05) is 23.3 Å². The van der Waals surface area contributed by atoms with Crippen LogP contribution in [-0.4, -0.2) is 10.1 Å². The minimum Gasteiger partial charge on any atom is -0.355 e. The number of benzene rings is 1. The van der Waals surface area contributed by atoms with E-state index in [-0.39, 0.29) is 0 Å². The Morgan fingerprint density at radius 2 is 1.73 bits per heavy atom. The highest BCUT2D eigenvalue weighted by molar-refractivity contribution is 5.91. The monoisotopic (exact) mass is 196 g/mol. The van der Waals surface area contributed by atoms with Gasteiger partial charge in [0.1, 0.15) is 5.52 Å². The molecule has 3 aromatic rings. The third kappa shape index (κ3) is 1.29. The van der Waals surface area contributed by atoms with E-state index < -0.39 is 0 Å². The topological polar surface area (TPSA) is 38.9 Å². The second kappa shape index (κ2) is 3.20. The summed E-state index contributed by atoms with van der Waals surface area (Å²) in [5.41, 5.74) is 1.88. The van der Waals surface area contributed by atoms with E-state index >= 15 is 0 Å². The van der Waals surface area contributed by atoms with Gasteiger partial charge >= 0.3 is 0 Å². The summed E-state index contributed by atoms with van der Waals surface area (Å²) in [7, 11) is 0. The summed E-state index contributed by atoms with van der Waals surface area (Å²) in [6.07, 6.45) is 3.49. The summed E-state index contributed by atoms with van der Waals surface area (Å²) in [5, 5.41) is 5.03. The summed E-state index contributed by atoms with van der Waals surface area (Å²) in [5.74, 6) is 0.799. The lowest BCUT2D eigenvalue weighted by Gasteiger charge is -1.94. The molecule has 0 bridgehead atoms. The Kier molecular flexibility index (Phi) is 1.75. The minimum absolute atomic E-state index is 0.799. The van der Waals surface area contributed by atoms with Gasteiger partial charge in [-0.15, -0.1) is 0 Å². The number of aromatic nitrogens is 2. The molecule has 0 unspecified atom stereocenters. The zero-order valence-corrected chi connectivity index (χ0v) is 7.92. The van der Waals surface area contributed by atoms with Gasteiger partial charge < -0.3 is 4.52 Å². The Morgan fingerprint density at radius 3 is 2.60 bits per heavy atom. The van der Waals surface area contributed by atoms with Crippen LogP contribution in [0.5, 0.6) is 0 Å². The average molecular weight is 196 g/mol. The van der Waals surface area contributed by atoms with E-state index in [1.54, 1.807) is 12.4 Å². The van der Waals surface area contributed by atoms with E-state index in [1.165, 1.54) is 0 Å². The molecule has 3 rings (SSSR count).